The van der Waals surface area contributed by atoms with Crippen molar-refractivity contribution in [1.29, 1.82) is 0 Å². The van der Waals surface area contributed by atoms with Crippen molar-refractivity contribution in [1.82, 2.24) is 9.97 Å². The lowest BCUT2D eigenvalue weighted by atomic mass is 10.2. The molecule has 4 aromatic rings. The van der Waals surface area contributed by atoms with E-state index in [1.165, 1.54) is 6.20 Å². The molecule has 2 aromatic carbocycles. The fourth-order valence-electron chi connectivity index (χ4n) is 3.60. The van der Waals surface area contributed by atoms with E-state index in [1.54, 1.807) is 55.0 Å². The van der Waals surface area contributed by atoms with Gasteiger partial charge >= 0.3 is 0 Å². The summed E-state index contributed by atoms with van der Waals surface area (Å²) in [6.07, 6.45) is 10.7. The highest BCUT2D eigenvalue weighted by molar-refractivity contribution is 5.78. The summed E-state index contributed by atoms with van der Waals surface area (Å²) < 4.78 is 0. The highest BCUT2D eigenvalue weighted by atomic mass is 16.1. The van der Waals surface area contributed by atoms with Crippen LogP contribution in [0.2, 0.25) is 0 Å². The van der Waals surface area contributed by atoms with Crippen molar-refractivity contribution in [2.45, 2.75) is 6.42 Å². The maximum absolute atomic E-state index is 12.3. The van der Waals surface area contributed by atoms with Crippen molar-refractivity contribution in [3.8, 4) is 0 Å². The van der Waals surface area contributed by atoms with Crippen LogP contribution in [0.4, 0.5) is 0 Å². The third-order valence-corrected chi connectivity index (χ3v) is 5.24. The molecule has 0 aliphatic carbocycles. The van der Waals surface area contributed by atoms with Gasteiger partial charge in [0.05, 0.1) is 11.0 Å². The zero-order chi connectivity index (χ0) is 23.9. The maximum atomic E-state index is 12.3. The van der Waals surface area contributed by atoms with Gasteiger partial charge in [-0.2, -0.15) is 5.10 Å². The number of fused-ring (bicyclic) bond motifs is 3. The van der Waals surface area contributed by atoms with Gasteiger partial charge < -0.3 is 11.5 Å². The molecule has 0 unspecified atom stereocenters. The van der Waals surface area contributed by atoms with E-state index >= 15 is 0 Å². The van der Waals surface area contributed by atoms with Crippen LogP contribution in [0.1, 0.15) is 6.42 Å². The minimum atomic E-state index is -0.125. The molecule has 0 fully saturated rings. The summed E-state index contributed by atoms with van der Waals surface area (Å²) in [5.74, 6) is 0. The summed E-state index contributed by atoms with van der Waals surface area (Å²) in [5, 5.41) is 11.4. The lowest BCUT2D eigenvalue weighted by molar-refractivity contribution is 1.13. The SMILES string of the molecule is N/C=c1/c(=O)c2cccnc2cc/c1=C/CN.O=c1c2c(ccc3ncccc13)=CCC=NN=2. The second-order valence-corrected chi connectivity index (χ2v) is 7.31. The van der Waals surface area contributed by atoms with Gasteiger partial charge in [0.15, 0.2) is 5.43 Å². The fraction of sp³-hybridized carbons (Fsp3) is 0.0769. The van der Waals surface area contributed by atoms with Crippen molar-refractivity contribution in [2.24, 2.45) is 21.7 Å². The molecule has 34 heavy (non-hydrogen) atoms. The van der Waals surface area contributed by atoms with Crippen LogP contribution in [0.3, 0.4) is 0 Å². The quantitative estimate of drug-likeness (QED) is 0.398. The Labute approximate surface area is 193 Å². The van der Waals surface area contributed by atoms with E-state index in [9.17, 15) is 9.59 Å². The number of hydrogen-bond donors (Lipinski definition) is 2. The lowest BCUT2D eigenvalue weighted by Gasteiger charge is -1.87. The van der Waals surface area contributed by atoms with Crippen molar-refractivity contribution in [3.05, 3.63) is 102 Å². The summed E-state index contributed by atoms with van der Waals surface area (Å²) in [7, 11) is 0. The van der Waals surface area contributed by atoms with Crippen molar-refractivity contribution >= 4 is 46.4 Å². The van der Waals surface area contributed by atoms with Crippen LogP contribution in [0, 0.1) is 0 Å². The molecule has 0 radical (unpaired) electrons. The predicted molar refractivity (Wildman–Crippen MR) is 136 cm³/mol. The molecule has 1 aliphatic rings. The number of aromatic nitrogens is 2. The molecule has 0 atom stereocenters. The second kappa shape index (κ2) is 10.4. The zero-order valence-corrected chi connectivity index (χ0v) is 18.3. The van der Waals surface area contributed by atoms with Crippen LogP contribution in [0.15, 0.2) is 80.7 Å². The van der Waals surface area contributed by atoms with Crippen LogP contribution < -0.4 is 43.3 Å². The first-order chi connectivity index (χ1) is 16.6. The van der Waals surface area contributed by atoms with Crippen molar-refractivity contribution in [3.63, 3.8) is 0 Å². The van der Waals surface area contributed by atoms with Gasteiger partial charge in [0.1, 0.15) is 5.36 Å². The van der Waals surface area contributed by atoms with Crippen molar-refractivity contribution in [2.75, 3.05) is 6.54 Å². The minimum absolute atomic E-state index is 0.122. The Morgan fingerprint density at radius 3 is 2.24 bits per heavy atom. The topological polar surface area (TPSA) is 137 Å². The Kier molecular flexibility index (Phi) is 6.90. The summed E-state index contributed by atoms with van der Waals surface area (Å²) in [4.78, 5) is 32.9. The minimum Gasteiger partial charge on any atom is -0.404 e. The Morgan fingerprint density at radius 2 is 1.56 bits per heavy atom. The van der Waals surface area contributed by atoms with E-state index in [0.717, 1.165) is 10.4 Å². The fourth-order valence-corrected chi connectivity index (χ4v) is 3.60. The Hall–Kier alpha value is -4.56. The molecule has 8 nitrogen and oxygen atoms in total. The third kappa shape index (κ3) is 4.62. The Bertz CT molecular complexity index is 1780. The van der Waals surface area contributed by atoms with Crippen molar-refractivity contribution < 1.29 is 0 Å². The van der Waals surface area contributed by atoms with E-state index in [-0.39, 0.29) is 10.9 Å². The number of rotatable bonds is 1. The van der Waals surface area contributed by atoms with Crippen LogP contribution in [-0.2, 0) is 0 Å². The largest absolute Gasteiger partial charge is 0.404 e. The van der Waals surface area contributed by atoms with Crippen LogP contribution in [0.5, 0.6) is 0 Å². The van der Waals surface area contributed by atoms with Gasteiger partial charge in [0, 0.05) is 59.0 Å². The van der Waals surface area contributed by atoms with E-state index < -0.39 is 0 Å². The first-order valence-electron chi connectivity index (χ1n) is 10.6. The molecule has 0 saturated heterocycles. The van der Waals surface area contributed by atoms with E-state index in [2.05, 4.69) is 20.2 Å². The molecule has 2 aromatic heterocycles. The molecule has 0 spiro atoms. The summed E-state index contributed by atoms with van der Waals surface area (Å²) in [6.45, 7) is 0.355. The Balaban J connectivity index is 0.000000161. The molecule has 0 saturated carbocycles. The second-order valence-electron chi connectivity index (χ2n) is 7.31. The molecule has 1 aliphatic heterocycles. The molecule has 8 heteroatoms. The molecule has 5 rings (SSSR count). The van der Waals surface area contributed by atoms with Gasteiger partial charge in [0.2, 0.25) is 5.43 Å². The van der Waals surface area contributed by atoms with Crippen LogP contribution in [-0.4, -0.2) is 22.7 Å². The summed E-state index contributed by atoms with van der Waals surface area (Å²) in [6, 6.07) is 14.3. The summed E-state index contributed by atoms with van der Waals surface area (Å²) >= 11 is 0. The maximum Gasteiger partial charge on any atom is 0.216 e. The van der Waals surface area contributed by atoms with Gasteiger partial charge in [-0.1, -0.05) is 24.3 Å². The van der Waals surface area contributed by atoms with Crippen LogP contribution in [0.25, 0.3) is 40.2 Å². The van der Waals surface area contributed by atoms with Gasteiger partial charge in [-0.05, 0) is 41.6 Å². The average Bonchev–Trinajstić information content (AvgIpc) is 3.24. The smallest absolute Gasteiger partial charge is 0.216 e. The first-order valence-corrected chi connectivity index (χ1v) is 10.6. The molecular formula is C26H22N6O2. The highest BCUT2D eigenvalue weighted by Gasteiger charge is 2.01. The molecule has 168 valence electrons. The van der Waals surface area contributed by atoms with Gasteiger partial charge in [-0.25, -0.2) is 0 Å². The average molecular weight is 451 g/mol. The van der Waals surface area contributed by atoms with Crippen LogP contribution >= 0.6 is 0 Å². The number of nitrogens with zero attached hydrogens (tertiary/aromatic N) is 4. The lowest BCUT2D eigenvalue weighted by Crippen LogP contribution is -2.37. The Morgan fingerprint density at radius 1 is 0.882 bits per heavy atom. The molecule has 4 N–H and O–H groups in total. The predicted octanol–water partition coefficient (Wildman–Crippen LogP) is -0.584. The molecule has 0 amide bonds. The van der Waals surface area contributed by atoms with Gasteiger partial charge in [0.25, 0.3) is 0 Å². The van der Waals surface area contributed by atoms with E-state index in [1.807, 2.05) is 24.3 Å². The molecule has 0 bridgehead atoms. The third-order valence-electron chi connectivity index (χ3n) is 5.24. The normalized spacial score (nSPS) is 13.3. The van der Waals surface area contributed by atoms with Gasteiger partial charge in [-0.15, -0.1) is 5.10 Å². The molecule has 3 heterocycles. The first kappa shape index (κ1) is 22.6. The van der Waals surface area contributed by atoms with E-state index in [0.29, 0.717) is 45.3 Å². The zero-order valence-electron chi connectivity index (χ0n) is 18.3. The standard InChI is InChI=1S/C13H9N3O.C13H13N3O/c17-13-10-4-2-7-14-11(10)6-5-9-3-1-8-15-16-12(9)13;14-6-5-9-3-4-12-10(2-1-7-16-12)13(17)11(9)8-15/h2-8H,1H2;1-5,7-8H,6,14-15H2/b;9-5-,11-8+. The van der Waals surface area contributed by atoms with Gasteiger partial charge in [-0.3, -0.25) is 19.6 Å². The highest BCUT2D eigenvalue weighted by Crippen LogP contribution is 2.01. The van der Waals surface area contributed by atoms with E-state index in [4.69, 9.17) is 11.5 Å². The number of pyridine rings is 2. The summed E-state index contributed by atoms with van der Waals surface area (Å²) in [5.41, 5.74) is 12.1. The number of hydrogen-bond acceptors (Lipinski definition) is 8. The monoisotopic (exact) mass is 450 g/mol. The molecular weight excluding hydrogens is 428 g/mol. The number of nitrogens with two attached hydrogens (primary N) is 2.